The van der Waals surface area contributed by atoms with Gasteiger partial charge in [-0.05, 0) is 42.5 Å². The first-order chi connectivity index (χ1) is 16.9. The predicted octanol–water partition coefficient (Wildman–Crippen LogP) is 6.56. The van der Waals surface area contributed by atoms with Gasteiger partial charge in [-0.1, -0.05) is 34.5 Å². The van der Waals surface area contributed by atoms with E-state index in [-0.39, 0.29) is 5.91 Å². The van der Waals surface area contributed by atoms with Crippen LogP contribution in [0.1, 0.15) is 10.4 Å². The molecule has 0 saturated heterocycles. The molecule has 3 aromatic carbocycles. The molecule has 2 heterocycles. The number of carbonyl (C=O) groups is 1. The van der Waals surface area contributed by atoms with Crippen LogP contribution in [0.2, 0.25) is 10.0 Å². The Balaban J connectivity index is 1.41. The van der Waals surface area contributed by atoms with Crippen molar-refractivity contribution < 1.29 is 14.3 Å². The number of amides is 1. The lowest BCUT2D eigenvalue weighted by Gasteiger charge is -2.10. The number of fused-ring (bicyclic) bond motifs is 2. The van der Waals surface area contributed by atoms with Gasteiger partial charge < -0.3 is 20.1 Å². The Morgan fingerprint density at radius 3 is 2.49 bits per heavy atom. The minimum Gasteiger partial charge on any atom is -0.493 e. The summed E-state index contributed by atoms with van der Waals surface area (Å²) in [6.45, 7) is 0. The second kappa shape index (κ2) is 9.53. The number of anilines is 3. The molecule has 2 N–H and O–H groups in total. The number of aromatic nitrogens is 3. The van der Waals surface area contributed by atoms with Crippen LogP contribution in [0.15, 0.2) is 54.9 Å². The smallest absolute Gasteiger partial charge is 0.255 e. The third-order valence-corrected chi connectivity index (χ3v) is 6.87. The lowest BCUT2D eigenvalue weighted by atomic mass is 10.2. The van der Waals surface area contributed by atoms with Crippen molar-refractivity contribution in [2.75, 3.05) is 24.9 Å². The normalized spacial score (nSPS) is 11.0. The number of thiazole rings is 1. The molecule has 5 aromatic rings. The highest BCUT2D eigenvalue weighted by molar-refractivity contribution is 7.22. The highest BCUT2D eigenvalue weighted by atomic mass is 35.5. The zero-order chi connectivity index (χ0) is 24.5. The van der Waals surface area contributed by atoms with Crippen molar-refractivity contribution in [3.63, 3.8) is 0 Å². The second-order valence-corrected chi connectivity index (χ2v) is 9.20. The van der Waals surface area contributed by atoms with Crippen LogP contribution in [0.4, 0.5) is 16.6 Å². The zero-order valence-corrected chi connectivity index (χ0v) is 20.8. The van der Waals surface area contributed by atoms with E-state index in [1.54, 1.807) is 38.5 Å². The first kappa shape index (κ1) is 23.1. The SMILES string of the molecule is COc1cc2ncnc(Nc3nc4ccc(NC(=O)c5ccc(Cl)c(Cl)c5)cc4s3)c2cc1OC. The van der Waals surface area contributed by atoms with Crippen molar-refractivity contribution >= 4 is 78.2 Å². The Hall–Kier alpha value is -3.66. The van der Waals surface area contributed by atoms with Crippen molar-refractivity contribution in [2.24, 2.45) is 0 Å². The molecule has 5 rings (SSSR count). The summed E-state index contributed by atoms with van der Waals surface area (Å²) in [4.78, 5) is 26.0. The fraction of sp³-hybridized carbons (Fsp3) is 0.0833. The summed E-state index contributed by atoms with van der Waals surface area (Å²) < 4.78 is 11.7. The minimum absolute atomic E-state index is 0.289. The minimum atomic E-state index is -0.289. The van der Waals surface area contributed by atoms with Gasteiger partial charge in [0.25, 0.3) is 5.91 Å². The van der Waals surface area contributed by atoms with Gasteiger partial charge in [-0.3, -0.25) is 4.79 Å². The summed E-state index contributed by atoms with van der Waals surface area (Å²) in [7, 11) is 3.15. The van der Waals surface area contributed by atoms with Crippen molar-refractivity contribution in [1.82, 2.24) is 15.0 Å². The van der Waals surface area contributed by atoms with E-state index in [9.17, 15) is 4.79 Å². The first-order valence-electron chi connectivity index (χ1n) is 10.3. The van der Waals surface area contributed by atoms with E-state index in [1.807, 2.05) is 18.2 Å². The van der Waals surface area contributed by atoms with Crippen LogP contribution in [-0.2, 0) is 0 Å². The predicted molar refractivity (Wildman–Crippen MR) is 140 cm³/mol. The van der Waals surface area contributed by atoms with Crippen molar-refractivity contribution in [2.45, 2.75) is 0 Å². The van der Waals surface area contributed by atoms with Crippen LogP contribution >= 0.6 is 34.5 Å². The van der Waals surface area contributed by atoms with Crippen molar-refractivity contribution in [3.8, 4) is 11.5 Å². The Kier molecular flexibility index (Phi) is 6.29. The summed E-state index contributed by atoms with van der Waals surface area (Å²) in [6.07, 6.45) is 1.47. The molecule has 0 fully saturated rings. The monoisotopic (exact) mass is 525 g/mol. The maximum atomic E-state index is 12.6. The molecule has 0 aliphatic carbocycles. The standard InChI is InChI=1S/C24H17Cl2N5O3S/c1-33-19-9-14-18(10-20(19)34-2)27-11-28-22(14)31-24-30-17-6-4-13(8-21(17)35-24)29-23(32)12-3-5-15(25)16(26)7-12/h3-11H,1-2H3,(H,29,32)(H,27,28,30,31). The van der Waals surface area contributed by atoms with E-state index in [2.05, 4.69) is 25.6 Å². The van der Waals surface area contributed by atoms with Gasteiger partial charge >= 0.3 is 0 Å². The zero-order valence-electron chi connectivity index (χ0n) is 18.4. The van der Waals surface area contributed by atoms with E-state index in [4.69, 9.17) is 32.7 Å². The molecular formula is C24H17Cl2N5O3S. The molecule has 35 heavy (non-hydrogen) atoms. The number of hydrogen-bond acceptors (Lipinski definition) is 8. The quantitative estimate of drug-likeness (QED) is 0.259. The molecule has 11 heteroatoms. The average molecular weight is 526 g/mol. The molecule has 8 nitrogen and oxygen atoms in total. The summed E-state index contributed by atoms with van der Waals surface area (Å²) >= 11 is 13.4. The molecule has 2 aromatic heterocycles. The number of rotatable bonds is 6. The van der Waals surface area contributed by atoms with Crippen LogP contribution in [0.5, 0.6) is 11.5 Å². The number of halogens is 2. The molecule has 0 atom stereocenters. The Morgan fingerprint density at radius 1 is 0.914 bits per heavy atom. The molecular weight excluding hydrogens is 509 g/mol. The van der Waals surface area contributed by atoms with Crippen molar-refractivity contribution in [3.05, 3.63) is 70.5 Å². The number of nitrogens with one attached hydrogen (secondary N) is 2. The number of benzene rings is 3. The van der Waals surface area contributed by atoms with Crippen LogP contribution in [-0.4, -0.2) is 35.1 Å². The highest BCUT2D eigenvalue weighted by Crippen LogP contribution is 2.36. The average Bonchev–Trinajstić information content (AvgIpc) is 3.26. The van der Waals surface area contributed by atoms with Crippen molar-refractivity contribution in [1.29, 1.82) is 0 Å². The van der Waals surface area contributed by atoms with Gasteiger partial charge in [0.05, 0.1) is 40.0 Å². The van der Waals surface area contributed by atoms with Gasteiger partial charge in [-0.15, -0.1) is 0 Å². The molecule has 0 spiro atoms. The largest absolute Gasteiger partial charge is 0.493 e. The molecule has 0 aliphatic heterocycles. The fourth-order valence-corrected chi connectivity index (χ4v) is 4.68. The highest BCUT2D eigenvalue weighted by Gasteiger charge is 2.14. The molecule has 176 valence electrons. The lowest BCUT2D eigenvalue weighted by molar-refractivity contribution is 0.102. The van der Waals surface area contributed by atoms with E-state index in [1.165, 1.54) is 23.7 Å². The summed E-state index contributed by atoms with van der Waals surface area (Å²) in [5.41, 5.74) is 2.53. The van der Waals surface area contributed by atoms with Gasteiger partial charge in [0.1, 0.15) is 12.1 Å². The molecule has 1 amide bonds. The number of nitrogens with zero attached hydrogens (tertiary/aromatic N) is 3. The lowest BCUT2D eigenvalue weighted by Crippen LogP contribution is -2.11. The van der Waals surface area contributed by atoms with E-state index in [0.717, 1.165) is 15.6 Å². The maximum Gasteiger partial charge on any atom is 0.255 e. The third kappa shape index (κ3) is 4.66. The molecule has 0 bridgehead atoms. The number of carbonyl (C=O) groups excluding carboxylic acids is 1. The number of hydrogen-bond donors (Lipinski definition) is 2. The Bertz CT molecular complexity index is 1590. The van der Waals surface area contributed by atoms with Crippen LogP contribution in [0.3, 0.4) is 0 Å². The fourth-order valence-electron chi connectivity index (χ4n) is 3.48. The summed E-state index contributed by atoms with van der Waals surface area (Å²) in [6, 6.07) is 13.8. The third-order valence-electron chi connectivity index (χ3n) is 5.19. The summed E-state index contributed by atoms with van der Waals surface area (Å²) in [5, 5.41) is 8.26. The summed E-state index contributed by atoms with van der Waals surface area (Å²) in [5.74, 6) is 1.45. The Labute approximate surface area is 213 Å². The van der Waals surface area contributed by atoms with Gasteiger partial charge in [0.15, 0.2) is 16.6 Å². The van der Waals surface area contributed by atoms with E-state index in [0.29, 0.717) is 49.3 Å². The van der Waals surface area contributed by atoms with Crippen LogP contribution in [0, 0.1) is 0 Å². The molecule has 0 aliphatic rings. The first-order valence-corrected chi connectivity index (χ1v) is 11.8. The van der Waals surface area contributed by atoms with E-state index < -0.39 is 0 Å². The van der Waals surface area contributed by atoms with Gasteiger partial charge in [-0.25, -0.2) is 15.0 Å². The number of methoxy groups -OCH3 is 2. The topological polar surface area (TPSA) is 98.3 Å². The maximum absolute atomic E-state index is 12.6. The van der Waals surface area contributed by atoms with Gasteiger partial charge in [-0.2, -0.15) is 0 Å². The Morgan fingerprint density at radius 2 is 1.71 bits per heavy atom. The van der Waals surface area contributed by atoms with Gasteiger partial charge in [0.2, 0.25) is 0 Å². The molecule has 0 unspecified atom stereocenters. The number of ether oxygens (including phenoxy) is 2. The van der Waals surface area contributed by atoms with E-state index >= 15 is 0 Å². The van der Waals surface area contributed by atoms with Crippen LogP contribution < -0.4 is 20.1 Å². The second-order valence-electron chi connectivity index (χ2n) is 7.36. The van der Waals surface area contributed by atoms with Crippen LogP contribution in [0.25, 0.3) is 21.1 Å². The molecule has 0 saturated carbocycles. The molecule has 0 radical (unpaired) electrons. The van der Waals surface area contributed by atoms with Gasteiger partial charge in [0, 0.05) is 22.7 Å².